The third-order valence-corrected chi connectivity index (χ3v) is 0.845. The minimum absolute atomic E-state index is 0.247. The lowest BCUT2D eigenvalue weighted by molar-refractivity contribution is -0.137. The van der Waals surface area contributed by atoms with Crippen molar-refractivity contribution in [2.75, 3.05) is 12.9 Å². The summed E-state index contributed by atoms with van der Waals surface area (Å²) in [7, 11) is 0. The van der Waals surface area contributed by atoms with Crippen molar-refractivity contribution in [2.45, 2.75) is 19.3 Å². The van der Waals surface area contributed by atoms with Crippen LogP contribution in [0.3, 0.4) is 0 Å². The third-order valence-electron chi connectivity index (χ3n) is 0.845. The minimum atomic E-state index is -0.738. The number of carboxylic acids is 1. The number of rotatable bonds is 4. The van der Waals surface area contributed by atoms with Gasteiger partial charge in [0, 0.05) is 12.8 Å². The Balaban J connectivity index is 0. The second-order valence-electron chi connectivity index (χ2n) is 1.64. The summed E-state index contributed by atoms with van der Waals surface area (Å²) in [6.07, 6.45) is 3.23. The molecule has 0 saturated carbocycles. The fourth-order valence-electron chi connectivity index (χ4n) is 0.421. The maximum Gasteiger partial charge on any atom is 0.303 e. The van der Waals surface area contributed by atoms with Crippen LogP contribution in [-0.2, 0) is 4.79 Å². The summed E-state index contributed by atoms with van der Waals surface area (Å²) < 4.78 is 0. The lowest BCUT2D eigenvalue weighted by Gasteiger charge is -1.90. The zero-order chi connectivity index (χ0) is 8.41. The van der Waals surface area contributed by atoms with Crippen LogP contribution in [0, 0.1) is 0 Å². The predicted octanol–water partition coefficient (Wildman–Crippen LogP) is 1.05. The molecule has 0 spiro atoms. The van der Waals surface area contributed by atoms with Crippen LogP contribution in [0.4, 0.5) is 0 Å². The predicted molar refractivity (Wildman–Crippen MR) is 42.3 cm³/mol. The first-order valence-electron chi connectivity index (χ1n) is 3.07. The first kappa shape index (κ1) is 12.4. The molecule has 0 aromatic carbocycles. The Kier molecular flexibility index (Phi) is 14.3. The van der Waals surface area contributed by atoms with E-state index >= 15 is 0 Å². The minimum Gasteiger partial charge on any atom is -0.481 e. The molecule has 0 aliphatic rings. The van der Waals surface area contributed by atoms with Crippen molar-refractivity contribution in [2.24, 2.45) is 5.73 Å². The smallest absolute Gasteiger partial charge is 0.303 e. The fourth-order valence-corrected chi connectivity index (χ4v) is 0.421. The lowest BCUT2D eigenvalue weighted by atomic mass is 10.2. The molecule has 0 bridgehead atoms. The topological polar surface area (TPSA) is 63.3 Å². The molecule has 0 unspecified atom stereocenters. The van der Waals surface area contributed by atoms with E-state index in [9.17, 15) is 4.79 Å². The Bertz CT molecular complexity index is 78.1. The number of carbonyl (C=O) groups is 1. The van der Waals surface area contributed by atoms with Gasteiger partial charge in [0.15, 0.2) is 0 Å². The maximum atomic E-state index is 9.83. The number of hydrogen-bond acceptors (Lipinski definition) is 2. The molecule has 0 saturated heterocycles. The highest BCUT2D eigenvalue weighted by molar-refractivity contribution is 6.15. The zero-order valence-electron chi connectivity index (χ0n) is 6.14. The number of aliphatic carboxylic acids is 1. The molecular formula is C6H14ClNO2. The van der Waals surface area contributed by atoms with Crippen molar-refractivity contribution in [3.63, 3.8) is 0 Å². The van der Waals surface area contributed by atoms with E-state index < -0.39 is 5.97 Å². The molecule has 0 aromatic rings. The van der Waals surface area contributed by atoms with Crippen molar-refractivity contribution >= 4 is 17.6 Å². The molecule has 0 amide bonds. The van der Waals surface area contributed by atoms with Gasteiger partial charge in [-0.15, -0.1) is 11.6 Å². The highest BCUT2D eigenvalue weighted by atomic mass is 35.5. The molecule has 62 valence electrons. The van der Waals surface area contributed by atoms with Crippen molar-refractivity contribution < 1.29 is 9.90 Å². The normalized spacial score (nSPS) is 7.90. The Morgan fingerprint density at radius 2 is 2.00 bits per heavy atom. The van der Waals surface area contributed by atoms with Crippen LogP contribution in [0.5, 0.6) is 0 Å². The quantitative estimate of drug-likeness (QED) is 0.486. The second-order valence-corrected chi connectivity index (χ2v) is 1.64. The van der Waals surface area contributed by atoms with Gasteiger partial charge < -0.3 is 10.8 Å². The molecule has 3 N–H and O–H groups in total. The van der Waals surface area contributed by atoms with Gasteiger partial charge in [-0.3, -0.25) is 4.79 Å². The van der Waals surface area contributed by atoms with Gasteiger partial charge in [-0.05, 0) is 19.4 Å². The summed E-state index contributed by atoms with van der Waals surface area (Å²) in [6.45, 7) is 0.591. The molecular weight excluding hydrogens is 154 g/mol. The molecule has 0 aromatic heterocycles. The number of nitrogens with two attached hydrogens (primary N) is 1. The van der Waals surface area contributed by atoms with Crippen molar-refractivity contribution in [1.82, 2.24) is 0 Å². The number of carboxylic acid groups (broad SMARTS) is 1. The Morgan fingerprint density at radius 1 is 1.50 bits per heavy atom. The molecule has 0 atom stereocenters. The fraction of sp³-hybridized carbons (Fsp3) is 0.833. The van der Waals surface area contributed by atoms with E-state index in [1.807, 2.05) is 0 Å². The summed E-state index contributed by atoms with van der Waals surface area (Å²) >= 11 is 4.64. The molecule has 4 heteroatoms. The largest absolute Gasteiger partial charge is 0.481 e. The Hall–Kier alpha value is -0.280. The first-order valence-corrected chi connectivity index (χ1v) is 3.82. The van der Waals surface area contributed by atoms with E-state index in [2.05, 4.69) is 11.6 Å². The number of hydrogen-bond donors (Lipinski definition) is 2. The third kappa shape index (κ3) is 15.6. The van der Waals surface area contributed by atoms with Crippen LogP contribution < -0.4 is 5.73 Å². The van der Waals surface area contributed by atoms with E-state index in [1.165, 1.54) is 6.38 Å². The van der Waals surface area contributed by atoms with E-state index in [0.717, 1.165) is 6.42 Å². The molecule has 0 heterocycles. The SMILES string of the molecule is CCl.NCCCCC(=O)O. The van der Waals surface area contributed by atoms with Crippen LogP contribution in [-0.4, -0.2) is 24.0 Å². The van der Waals surface area contributed by atoms with Gasteiger partial charge in [-0.2, -0.15) is 0 Å². The highest BCUT2D eigenvalue weighted by Crippen LogP contribution is 1.91. The van der Waals surface area contributed by atoms with Crippen LogP contribution in [0.2, 0.25) is 0 Å². The van der Waals surface area contributed by atoms with Gasteiger partial charge in [-0.1, -0.05) is 0 Å². The Morgan fingerprint density at radius 3 is 2.30 bits per heavy atom. The first-order chi connectivity index (χ1) is 4.77. The van der Waals surface area contributed by atoms with E-state index in [1.54, 1.807) is 0 Å². The monoisotopic (exact) mass is 167 g/mol. The standard InChI is InChI=1S/C5H11NO2.CH3Cl/c6-4-2-1-3-5(7)8;1-2/h1-4,6H2,(H,7,8);1H3. The summed E-state index contributed by atoms with van der Waals surface area (Å²) in [4.78, 5) is 9.83. The van der Waals surface area contributed by atoms with Gasteiger partial charge in [0.1, 0.15) is 0 Å². The Labute approximate surface area is 66.2 Å². The maximum absolute atomic E-state index is 9.83. The van der Waals surface area contributed by atoms with Crippen LogP contribution in [0.25, 0.3) is 0 Å². The van der Waals surface area contributed by atoms with E-state index in [-0.39, 0.29) is 6.42 Å². The zero-order valence-corrected chi connectivity index (χ0v) is 6.90. The van der Waals surface area contributed by atoms with Gasteiger partial charge in [0.05, 0.1) is 0 Å². The van der Waals surface area contributed by atoms with Crippen molar-refractivity contribution in [3.8, 4) is 0 Å². The number of unbranched alkanes of at least 4 members (excludes halogenated alkanes) is 1. The van der Waals surface area contributed by atoms with Crippen LogP contribution in [0.1, 0.15) is 19.3 Å². The van der Waals surface area contributed by atoms with E-state index in [4.69, 9.17) is 10.8 Å². The molecule has 0 rings (SSSR count). The summed E-state index contributed by atoms with van der Waals surface area (Å²) in [5.41, 5.74) is 5.12. The molecule has 10 heavy (non-hydrogen) atoms. The molecule has 0 aliphatic heterocycles. The van der Waals surface area contributed by atoms with Gasteiger partial charge in [-0.25, -0.2) is 0 Å². The van der Waals surface area contributed by atoms with Gasteiger partial charge in [0.25, 0.3) is 0 Å². The summed E-state index contributed by atoms with van der Waals surface area (Å²) in [5.74, 6) is -0.738. The summed E-state index contributed by atoms with van der Waals surface area (Å²) in [6, 6.07) is 0. The number of alkyl halides is 1. The van der Waals surface area contributed by atoms with Crippen molar-refractivity contribution in [1.29, 1.82) is 0 Å². The molecule has 3 nitrogen and oxygen atoms in total. The van der Waals surface area contributed by atoms with E-state index in [0.29, 0.717) is 13.0 Å². The average molecular weight is 168 g/mol. The second kappa shape index (κ2) is 11.5. The van der Waals surface area contributed by atoms with Gasteiger partial charge in [0.2, 0.25) is 0 Å². The van der Waals surface area contributed by atoms with Gasteiger partial charge >= 0.3 is 5.97 Å². The lowest BCUT2D eigenvalue weighted by Crippen LogP contribution is -2.00. The van der Waals surface area contributed by atoms with Crippen molar-refractivity contribution in [3.05, 3.63) is 0 Å². The number of halogens is 1. The van der Waals surface area contributed by atoms with Crippen LogP contribution in [0.15, 0.2) is 0 Å². The highest BCUT2D eigenvalue weighted by Gasteiger charge is 1.92. The summed E-state index contributed by atoms with van der Waals surface area (Å²) in [5, 5.41) is 8.10. The van der Waals surface area contributed by atoms with Crippen LogP contribution >= 0.6 is 11.6 Å². The molecule has 0 aliphatic carbocycles. The molecule has 0 fully saturated rings. The average Bonchev–Trinajstić information content (AvgIpc) is 1.92. The molecule has 0 radical (unpaired) electrons.